The molecule has 0 aromatic carbocycles. The van der Waals surface area contributed by atoms with E-state index in [0.717, 1.165) is 22.0 Å². The van der Waals surface area contributed by atoms with Gasteiger partial charge in [0.1, 0.15) is 5.01 Å². The highest BCUT2D eigenvalue weighted by molar-refractivity contribution is 7.89. The molecule has 0 aliphatic rings. The molecule has 0 radical (unpaired) electrons. The molecule has 0 spiro atoms. The van der Waals surface area contributed by atoms with E-state index in [1.165, 1.54) is 11.3 Å². The Morgan fingerprint density at radius 1 is 1.38 bits per heavy atom. The normalized spacial score (nSPS) is 12.0. The monoisotopic (exact) mass is 329 g/mol. The van der Waals surface area contributed by atoms with Crippen LogP contribution in [-0.4, -0.2) is 30.6 Å². The Hall–Kier alpha value is -1.29. The first-order chi connectivity index (χ1) is 9.97. The average Bonchev–Trinajstić information content (AvgIpc) is 3.05. The molecule has 2 rings (SSSR count). The van der Waals surface area contributed by atoms with Gasteiger partial charge in [0, 0.05) is 28.9 Å². The molecule has 0 saturated heterocycles. The number of hydrogen-bond acceptors (Lipinski definition) is 6. The molecule has 116 valence electrons. The minimum atomic E-state index is -3.65. The summed E-state index contributed by atoms with van der Waals surface area (Å²) in [6.45, 7) is 4.46. The summed E-state index contributed by atoms with van der Waals surface area (Å²) in [6, 6.07) is 0. The molecule has 0 atom stereocenters. The molecule has 2 aromatic rings. The lowest BCUT2D eigenvalue weighted by atomic mass is 10.3. The molecule has 0 aliphatic heterocycles. The van der Waals surface area contributed by atoms with Gasteiger partial charge < -0.3 is 5.32 Å². The van der Waals surface area contributed by atoms with Crippen molar-refractivity contribution in [2.75, 3.05) is 7.05 Å². The van der Waals surface area contributed by atoms with Crippen LogP contribution in [-0.2, 0) is 29.5 Å². The van der Waals surface area contributed by atoms with Gasteiger partial charge >= 0.3 is 0 Å². The zero-order valence-electron chi connectivity index (χ0n) is 12.2. The summed E-state index contributed by atoms with van der Waals surface area (Å²) in [5.41, 5.74) is 1.39. The fourth-order valence-corrected chi connectivity index (χ4v) is 3.93. The Balaban J connectivity index is 2.15. The maximum absolute atomic E-state index is 12.3. The van der Waals surface area contributed by atoms with Crippen LogP contribution >= 0.6 is 11.3 Å². The number of aromatic amines is 1. The number of aryl methyl sites for hydroxylation is 2. The number of H-pyrrole nitrogens is 1. The molecular formula is C12H19N5O2S2. The minimum Gasteiger partial charge on any atom is -0.316 e. The lowest BCUT2D eigenvalue weighted by Gasteiger charge is -2.05. The molecule has 0 aliphatic carbocycles. The van der Waals surface area contributed by atoms with Crippen LogP contribution in [0.1, 0.15) is 28.1 Å². The Morgan fingerprint density at radius 3 is 2.76 bits per heavy atom. The lowest BCUT2D eigenvalue weighted by molar-refractivity contribution is 0.574. The zero-order valence-corrected chi connectivity index (χ0v) is 13.9. The van der Waals surface area contributed by atoms with E-state index in [1.807, 2.05) is 6.92 Å². The first kappa shape index (κ1) is 16.1. The van der Waals surface area contributed by atoms with Crippen molar-refractivity contribution in [3.63, 3.8) is 0 Å². The Kier molecular flexibility index (Phi) is 5.09. The maximum atomic E-state index is 12.3. The highest BCUT2D eigenvalue weighted by Crippen LogP contribution is 2.17. The van der Waals surface area contributed by atoms with Crippen molar-refractivity contribution >= 4 is 21.4 Å². The van der Waals surface area contributed by atoms with Crippen LogP contribution in [0.5, 0.6) is 0 Å². The van der Waals surface area contributed by atoms with Gasteiger partial charge in [-0.1, -0.05) is 6.92 Å². The van der Waals surface area contributed by atoms with Crippen LogP contribution in [0.25, 0.3) is 0 Å². The summed E-state index contributed by atoms with van der Waals surface area (Å²) in [6.07, 6.45) is 2.68. The second-order valence-corrected chi connectivity index (χ2v) is 7.44. The summed E-state index contributed by atoms with van der Waals surface area (Å²) >= 11 is 1.51. The fraction of sp³-hybridized carbons (Fsp3) is 0.500. The van der Waals surface area contributed by atoms with Crippen LogP contribution in [0.2, 0.25) is 0 Å². The van der Waals surface area contributed by atoms with Crippen molar-refractivity contribution in [3.8, 4) is 0 Å². The molecule has 0 amide bonds. The number of nitrogens with zero attached hydrogens (tertiary/aromatic N) is 2. The van der Waals surface area contributed by atoms with Crippen molar-refractivity contribution < 1.29 is 8.42 Å². The SMILES string of the molecule is CCc1cnc(CNS(=O)(=O)c2n[nH]c(C)c2CNC)s1. The summed E-state index contributed by atoms with van der Waals surface area (Å²) in [5, 5.41) is 10.4. The van der Waals surface area contributed by atoms with E-state index in [9.17, 15) is 8.42 Å². The highest BCUT2D eigenvalue weighted by Gasteiger charge is 2.23. The largest absolute Gasteiger partial charge is 0.316 e. The number of nitrogens with one attached hydrogen (secondary N) is 3. The summed E-state index contributed by atoms with van der Waals surface area (Å²) in [4.78, 5) is 5.33. The van der Waals surface area contributed by atoms with E-state index in [-0.39, 0.29) is 11.6 Å². The third-order valence-electron chi connectivity index (χ3n) is 3.01. The van der Waals surface area contributed by atoms with Crippen molar-refractivity contribution in [2.45, 2.75) is 38.4 Å². The Bertz CT molecular complexity index is 705. The van der Waals surface area contributed by atoms with E-state index in [1.54, 1.807) is 20.2 Å². The number of rotatable bonds is 7. The van der Waals surface area contributed by atoms with Gasteiger partial charge in [-0.3, -0.25) is 5.10 Å². The summed E-state index contributed by atoms with van der Waals surface area (Å²) in [5.74, 6) is 0. The van der Waals surface area contributed by atoms with E-state index < -0.39 is 10.0 Å². The standard InChI is InChI=1S/C12H19N5O2S2/c1-4-9-5-14-11(20-9)7-15-21(18,19)12-10(6-13-3)8(2)16-17-12/h5,13,15H,4,6-7H2,1-3H3,(H,16,17). The zero-order chi connectivity index (χ0) is 15.5. The molecule has 21 heavy (non-hydrogen) atoms. The summed E-state index contributed by atoms with van der Waals surface area (Å²) in [7, 11) is -1.89. The second kappa shape index (κ2) is 6.65. The van der Waals surface area contributed by atoms with Crippen LogP contribution < -0.4 is 10.0 Å². The van der Waals surface area contributed by atoms with Gasteiger partial charge in [0.2, 0.25) is 0 Å². The topological polar surface area (TPSA) is 99.8 Å². The van der Waals surface area contributed by atoms with E-state index >= 15 is 0 Å². The Morgan fingerprint density at radius 2 is 2.14 bits per heavy atom. The van der Waals surface area contributed by atoms with Crippen molar-refractivity contribution in [2.24, 2.45) is 0 Å². The van der Waals surface area contributed by atoms with Crippen molar-refractivity contribution in [1.29, 1.82) is 0 Å². The smallest absolute Gasteiger partial charge is 0.260 e. The molecular weight excluding hydrogens is 310 g/mol. The van der Waals surface area contributed by atoms with Gasteiger partial charge in [0.05, 0.1) is 6.54 Å². The van der Waals surface area contributed by atoms with Crippen LogP contribution in [0.15, 0.2) is 11.2 Å². The van der Waals surface area contributed by atoms with Gasteiger partial charge in [0.15, 0.2) is 5.03 Å². The van der Waals surface area contributed by atoms with Crippen LogP contribution in [0.3, 0.4) is 0 Å². The van der Waals surface area contributed by atoms with Crippen LogP contribution in [0, 0.1) is 6.92 Å². The fourth-order valence-electron chi connectivity index (χ4n) is 1.86. The van der Waals surface area contributed by atoms with Gasteiger partial charge in [0.25, 0.3) is 10.0 Å². The molecule has 0 fully saturated rings. The highest BCUT2D eigenvalue weighted by atomic mass is 32.2. The molecule has 9 heteroatoms. The molecule has 0 unspecified atom stereocenters. The predicted molar refractivity (Wildman–Crippen MR) is 81.6 cm³/mol. The lowest BCUT2D eigenvalue weighted by Crippen LogP contribution is -2.25. The van der Waals surface area contributed by atoms with Gasteiger partial charge in [-0.05, 0) is 20.4 Å². The molecule has 2 heterocycles. The van der Waals surface area contributed by atoms with Gasteiger partial charge in [-0.2, -0.15) is 5.10 Å². The predicted octanol–water partition coefficient (Wildman–Crippen LogP) is 0.935. The number of sulfonamides is 1. The Labute approximate surface area is 128 Å². The average molecular weight is 329 g/mol. The maximum Gasteiger partial charge on any atom is 0.260 e. The molecule has 7 nitrogen and oxygen atoms in total. The number of aromatic nitrogens is 3. The van der Waals surface area contributed by atoms with Gasteiger partial charge in [-0.15, -0.1) is 11.3 Å². The molecule has 3 N–H and O–H groups in total. The minimum absolute atomic E-state index is 0.0432. The first-order valence-corrected chi connectivity index (χ1v) is 8.89. The summed E-state index contributed by atoms with van der Waals surface area (Å²) < 4.78 is 27.2. The van der Waals surface area contributed by atoms with Crippen LogP contribution in [0.4, 0.5) is 0 Å². The molecule has 2 aromatic heterocycles. The van der Waals surface area contributed by atoms with Crippen molar-refractivity contribution in [3.05, 3.63) is 27.3 Å². The van der Waals surface area contributed by atoms with E-state index in [4.69, 9.17) is 0 Å². The van der Waals surface area contributed by atoms with Crippen molar-refractivity contribution in [1.82, 2.24) is 25.2 Å². The van der Waals surface area contributed by atoms with Gasteiger partial charge in [-0.25, -0.2) is 18.1 Å². The second-order valence-electron chi connectivity index (χ2n) is 4.56. The quantitative estimate of drug-likeness (QED) is 0.702. The molecule has 0 saturated carbocycles. The van der Waals surface area contributed by atoms with E-state index in [2.05, 4.69) is 25.2 Å². The first-order valence-electron chi connectivity index (χ1n) is 6.59. The number of thiazole rings is 1. The number of hydrogen-bond donors (Lipinski definition) is 3. The third-order valence-corrected chi connectivity index (χ3v) is 5.52. The third kappa shape index (κ3) is 3.67. The van der Waals surface area contributed by atoms with E-state index in [0.29, 0.717) is 12.1 Å². The molecule has 0 bridgehead atoms.